The molecule has 0 aliphatic rings. The van der Waals surface area contributed by atoms with Gasteiger partial charge in [-0.05, 0) is 38.0 Å². The van der Waals surface area contributed by atoms with Crippen LogP contribution in [-0.2, 0) is 11.2 Å². The van der Waals surface area contributed by atoms with Crippen molar-refractivity contribution in [2.24, 2.45) is 5.73 Å². The molecule has 0 radical (unpaired) electrons. The summed E-state index contributed by atoms with van der Waals surface area (Å²) in [7, 11) is 3.46. The monoisotopic (exact) mass is 289 g/mol. The number of rotatable bonds is 5. The number of hydrogen-bond acceptors (Lipinski definition) is 3. The lowest BCUT2D eigenvalue weighted by atomic mass is 10.1. The van der Waals surface area contributed by atoms with Gasteiger partial charge >= 0.3 is 0 Å². The van der Waals surface area contributed by atoms with E-state index in [0.717, 1.165) is 17.7 Å². The maximum atomic E-state index is 12.0. The van der Waals surface area contributed by atoms with Crippen molar-refractivity contribution < 1.29 is 9.53 Å². The molecule has 2 atom stereocenters. The zero-order valence-electron chi connectivity index (χ0n) is 13.0. The van der Waals surface area contributed by atoms with Crippen LogP contribution in [0.2, 0.25) is 0 Å². The number of carbonyl (C=O) groups excluding carboxylic acids is 1. The Hall–Kier alpha value is -2.01. The predicted molar refractivity (Wildman–Crippen MR) is 83.5 cm³/mol. The molecule has 0 saturated heterocycles. The van der Waals surface area contributed by atoms with Gasteiger partial charge in [-0.2, -0.15) is 0 Å². The Bertz CT molecular complexity index is 633. The topological polar surface area (TPSA) is 60.0 Å². The minimum atomic E-state index is -0.469. The number of carbonyl (C=O) groups is 1. The number of ether oxygens (including phenoxy) is 1. The quantitative estimate of drug-likeness (QED) is 0.911. The molecule has 5 heteroatoms. The van der Waals surface area contributed by atoms with Gasteiger partial charge < -0.3 is 19.8 Å². The molecule has 2 N–H and O–H groups in total. The Morgan fingerprint density at radius 2 is 2.05 bits per heavy atom. The van der Waals surface area contributed by atoms with Crippen LogP contribution in [0.3, 0.4) is 0 Å². The summed E-state index contributed by atoms with van der Waals surface area (Å²) in [5.74, 6) is 0.790. The molecule has 5 nitrogen and oxygen atoms in total. The predicted octanol–water partition coefficient (Wildman–Crippen LogP) is 1.68. The number of likely N-dealkylation sites (N-methyl/N-ethyl adjacent to an activating group) is 1. The minimum Gasteiger partial charge on any atom is -0.497 e. The van der Waals surface area contributed by atoms with Crippen LogP contribution in [0, 0.1) is 0 Å². The Morgan fingerprint density at radius 3 is 2.67 bits per heavy atom. The molecule has 114 valence electrons. The zero-order chi connectivity index (χ0) is 15.6. The highest BCUT2D eigenvalue weighted by molar-refractivity contribution is 5.81. The van der Waals surface area contributed by atoms with Crippen LogP contribution in [0.1, 0.15) is 19.4 Å². The average Bonchev–Trinajstić information content (AvgIpc) is 2.87. The first-order valence-corrected chi connectivity index (χ1v) is 7.10. The number of fused-ring (bicyclic) bond motifs is 1. The number of amides is 1. The number of methoxy groups -OCH3 is 1. The normalized spacial score (nSPS) is 14.0. The molecular weight excluding hydrogens is 266 g/mol. The molecule has 21 heavy (non-hydrogen) atoms. The van der Waals surface area contributed by atoms with E-state index in [9.17, 15) is 4.79 Å². The molecule has 0 bridgehead atoms. The lowest BCUT2D eigenvalue weighted by molar-refractivity contribution is -0.132. The third-order valence-corrected chi connectivity index (χ3v) is 3.87. The van der Waals surface area contributed by atoms with E-state index in [-0.39, 0.29) is 11.9 Å². The fraction of sp³-hybridized carbons (Fsp3) is 0.438. The summed E-state index contributed by atoms with van der Waals surface area (Å²) in [5.41, 5.74) is 7.95. The summed E-state index contributed by atoms with van der Waals surface area (Å²) in [6.07, 6.45) is 4.77. The molecule has 0 aliphatic carbocycles. The van der Waals surface area contributed by atoms with Gasteiger partial charge in [0.05, 0.1) is 18.7 Å². The number of aromatic nitrogens is 1. The van der Waals surface area contributed by atoms with E-state index in [1.54, 1.807) is 26.0 Å². The van der Waals surface area contributed by atoms with Crippen molar-refractivity contribution in [3.05, 3.63) is 36.2 Å². The molecule has 0 saturated carbocycles. The lowest BCUT2D eigenvalue weighted by Gasteiger charge is -2.26. The minimum absolute atomic E-state index is 0.0383. The summed E-state index contributed by atoms with van der Waals surface area (Å²) in [6, 6.07) is 5.63. The number of nitrogens with zero attached hydrogens (tertiary/aromatic N) is 2. The summed E-state index contributed by atoms with van der Waals surface area (Å²) in [4.78, 5) is 13.7. The first-order chi connectivity index (χ1) is 9.93. The third kappa shape index (κ3) is 3.19. The van der Waals surface area contributed by atoms with Gasteiger partial charge in [0.1, 0.15) is 5.75 Å². The van der Waals surface area contributed by atoms with Crippen LogP contribution in [0.25, 0.3) is 5.52 Å². The van der Waals surface area contributed by atoms with Gasteiger partial charge in [0, 0.05) is 31.5 Å². The summed E-state index contributed by atoms with van der Waals surface area (Å²) < 4.78 is 7.33. The third-order valence-electron chi connectivity index (χ3n) is 3.87. The molecule has 0 spiro atoms. The van der Waals surface area contributed by atoms with Crippen LogP contribution < -0.4 is 10.5 Å². The van der Waals surface area contributed by atoms with Gasteiger partial charge in [0.25, 0.3) is 0 Å². The van der Waals surface area contributed by atoms with E-state index < -0.39 is 6.04 Å². The van der Waals surface area contributed by atoms with Crippen molar-refractivity contribution in [2.75, 3.05) is 14.2 Å². The van der Waals surface area contributed by atoms with E-state index in [2.05, 4.69) is 10.5 Å². The van der Waals surface area contributed by atoms with E-state index in [4.69, 9.17) is 10.5 Å². The highest BCUT2D eigenvalue weighted by atomic mass is 16.5. The van der Waals surface area contributed by atoms with E-state index >= 15 is 0 Å². The molecular formula is C16H23N3O2. The van der Waals surface area contributed by atoms with E-state index in [1.165, 1.54) is 5.56 Å². The smallest absolute Gasteiger partial charge is 0.239 e. The Labute approximate surface area is 125 Å². The van der Waals surface area contributed by atoms with Crippen molar-refractivity contribution in [2.45, 2.75) is 32.4 Å². The number of pyridine rings is 1. The SMILES string of the molecule is COc1ccn2ccc(CC(C)N(C)C(=O)[C@H](C)N)c2c1. The average molecular weight is 289 g/mol. The van der Waals surface area contributed by atoms with Crippen molar-refractivity contribution in [1.29, 1.82) is 0 Å². The Kier molecular flexibility index (Phi) is 4.53. The van der Waals surface area contributed by atoms with Gasteiger partial charge in [0.15, 0.2) is 0 Å². The van der Waals surface area contributed by atoms with Crippen molar-refractivity contribution >= 4 is 11.4 Å². The van der Waals surface area contributed by atoms with E-state index in [1.807, 2.05) is 31.5 Å². The zero-order valence-corrected chi connectivity index (χ0v) is 13.0. The fourth-order valence-corrected chi connectivity index (χ4v) is 2.43. The van der Waals surface area contributed by atoms with Crippen molar-refractivity contribution in [3.8, 4) is 5.75 Å². The second-order valence-electron chi connectivity index (χ2n) is 5.49. The summed E-state index contributed by atoms with van der Waals surface area (Å²) >= 11 is 0. The van der Waals surface area contributed by atoms with Crippen LogP contribution >= 0.6 is 0 Å². The lowest BCUT2D eigenvalue weighted by Crippen LogP contribution is -2.44. The number of hydrogen-bond donors (Lipinski definition) is 1. The van der Waals surface area contributed by atoms with Crippen LogP contribution in [0.4, 0.5) is 0 Å². The van der Waals surface area contributed by atoms with E-state index in [0.29, 0.717) is 0 Å². The van der Waals surface area contributed by atoms with Crippen LogP contribution in [-0.4, -0.2) is 41.4 Å². The molecule has 2 rings (SSSR count). The summed E-state index contributed by atoms with van der Waals surface area (Å²) in [6.45, 7) is 3.74. The molecule has 1 amide bonds. The molecule has 0 fully saturated rings. The van der Waals surface area contributed by atoms with Gasteiger partial charge in [-0.15, -0.1) is 0 Å². The molecule has 0 aliphatic heterocycles. The maximum Gasteiger partial charge on any atom is 0.239 e. The first kappa shape index (κ1) is 15.4. The fourth-order valence-electron chi connectivity index (χ4n) is 2.43. The molecule has 1 unspecified atom stereocenters. The Morgan fingerprint density at radius 1 is 1.38 bits per heavy atom. The van der Waals surface area contributed by atoms with Crippen LogP contribution in [0.5, 0.6) is 5.75 Å². The Balaban J connectivity index is 2.21. The van der Waals surface area contributed by atoms with Crippen molar-refractivity contribution in [3.63, 3.8) is 0 Å². The molecule has 2 aromatic rings. The maximum absolute atomic E-state index is 12.0. The van der Waals surface area contributed by atoms with Gasteiger partial charge in [-0.3, -0.25) is 4.79 Å². The molecule has 2 heterocycles. The highest BCUT2D eigenvalue weighted by Gasteiger charge is 2.20. The standard InChI is InChI=1S/C16H23N3O2/c1-11(18(3)16(20)12(2)17)9-13-5-7-19-8-6-14(21-4)10-15(13)19/h5-8,10-12H,9,17H2,1-4H3/t11?,12-/m0/s1. The van der Waals surface area contributed by atoms with Gasteiger partial charge in [-0.1, -0.05) is 0 Å². The van der Waals surface area contributed by atoms with Crippen molar-refractivity contribution in [1.82, 2.24) is 9.30 Å². The molecule has 2 aromatic heterocycles. The summed E-state index contributed by atoms with van der Waals surface area (Å²) in [5, 5.41) is 0. The second kappa shape index (κ2) is 6.18. The van der Waals surface area contributed by atoms with Gasteiger partial charge in [-0.25, -0.2) is 0 Å². The molecule has 0 aromatic carbocycles. The van der Waals surface area contributed by atoms with Gasteiger partial charge in [0.2, 0.25) is 5.91 Å². The van der Waals surface area contributed by atoms with Crippen LogP contribution in [0.15, 0.2) is 30.6 Å². The number of nitrogens with two attached hydrogens (primary N) is 1. The largest absolute Gasteiger partial charge is 0.497 e. The highest BCUT2D eigenvalue weighted by Crippen LogP contribution is 2.21. The second-order valence-corrected chi connectivity index (χ2v) is 5.49. The first-order valence-electron chi connectivity index (χ1n) is 7.10.